The van der Waals surface area contributed by atoms with Crippen LogP contribution >= 0.6 is 0 Å². The van der Waals surface area contributed by atoms with E-state index in [-0.39, 0.29) is 12.0 Å². The van der Waals surface area contributed by atoms with Gasteiger partial charge in [-0.1, -0.05) is 13.8 Å². The molecule has 0 radical (unpaired) electrons. The Hall–Kier alpha value is -0.410. The molecule has 0 saturated carbocycles. The minimum Gasteiger partial charge on any atom is -0.375 e. The fraction of sp³-hybridized carbons (Fsp3) is 0.909. The third-order valence-corrected chi connectivity index (χ3v) is 2.87. The summed E-state index contributed by atoms with van der Waals surface area (Å²) in [6.07, 6.45) is 2.60. The first-order chi connectivity index (χ1) is 6.77. The molecular weight excluding hydrogens is 178 g/mol. The van der Waals surface area contributed by atoms with Crippen molar-refractivity contribution in [3.05, 3.63) is 0 Å². The van der Waals surface area contributed by atoms with Gasteiger partial charge in [-0.15, -0.1) is 0 Å². The standard InChI is InChI=1S/C11H21NO2/c1-3-9(4-2)11(13)7-10-8-12-5-6-14-10/h9-10,12H,3-8H2,1-2H3. The van der Waals surface area contributed by atoms with Gasteiger partial charge in [-0.2, -0.15) is 0 Å². The summed E-state index contributed by atoms with van der Waals surface area (Å²) in [7, 11) is 0. The second-order valence-corrected chi connectivity index (χ2v) is 3.88. The van der Waals surface area contributed by atoms with Crippen molar-refractivity contribution < 1.29 is 9.53 Å². The van der Waals surface area contributed by atoms with E-state index >= 15 is 0 Å². The van der Waals surface area contributed by atoms with Gasteiger partial charge in [0, 0.05) is 25.4 Å². The van der Waals surface area contributed by atoms with Crippen LogP contribution in [0.2, 0.25) is 0 Å². The maximum Gasteiger partial charge on any atom is 0.138 e. The van der Waals surface area contributed by atoms with Gasteiger partial charge in [0.05, 0.1) is 12.7 Å². The van der Waals surface area contributed by atoms with E-state index in [1.165, 1.54) is 0 Å². The Labute approximate surface area is 86.2 Å². The molecule has 0 aromatic rings. The zero-order valence-electron chi connectivity index (χ0n) is 9.21. The van der Waals surface area contributed by atoms with E-state index in [0.717, 1.165) is 32.5 Å². The van der Waals surface area contributed by atoms with Crippen LogP contribution < -0.4 is 5.32 Å². The van der Waals surface area contributed by atoms with E-state index in [9.17, 15) is 4.79 Å². The van der Waals surface area contributed by atoms with E-state index in [1.807, 2.05) is 0 Å². The molecule has 1 atom stereocenters. The van der Waals surface area contributed by atoms with Crippen LogP contribution in [0, 0.1) is 5.92 Å². The van der Waals surface area contributed by atoms with Gasteiger partial charge < -0.3 is 10.1 Å². The van der Waals surface area contributed by atoms with Crippen molar-refractivity contribution in [1.29, 1.82) is 0 Å². The fourth-order valence-electron chi connectivity index (χ4n) is 1.89. The Kier molecular flexibility index (Phi) is 5.12. The van der Waals surface area contributed by atoms with Gasteiger partial charge in [0.1, 0.15) is 5.78 Å². The number of carbonyl (C=O) groups is 1. The minimum absolute atomic E-state index is 0.108. The number of hydrogen-bond acceptors (Lipinski definition) is 3. The summed E-state index contributed by atoms with van der Waals surface area (Å²) >= 11 is 0. The Balaban J connectivity index is 2.30. The van der Waals surface area contributed by atoms with Crippen molar-refractivity contribution in [3.8, 4) is 0 Å². The van der Waals surface area contributed by atoms with Crippen LogP contribution in [0.25, 0.3) is 0 Å². The molecule has 82 valence electrons. The van der Waals surface area contributed by atoms with Crippen LogP contribution in [-0.4, -0.2) is 31.6 Å². The van der Waals surface area contributed by atoms with Crippen molar-refractivity contribution >= 4 is 5.78 Å². The molecule has 1 N–H and O–H groups in total. The molecule has 1 heterocycles. The summed E-state index contributed by atoms with van der Waals surface area (Å²) in [5, 5.41) is 3.24. The predicted octanol–water partition coefficient (Wildman–Crippen LogP) is 1.37. The molecule has 1 unspecified atom stereocenters. The van der Waals surface area contributed by atoms with Crippen LogP contribution in [0.3, 0.4) is 0 Å². The van der Waals surface area contributed by atoms with E-state index < -0.39 is 0 Å². The zero-order chi connectivity index (χ0) is 10.4. The van der Waals surface area contributed by atoms with Gasteiger partial charge in [-0.05, 0) is 12.8 Å². The summed E-state index contributed by atoms with van der Waals surface area (Å²) in [4.78, 5) is 11.8. The maximum atomic E-state index is 11.8. The summed E-state index contributed by atoms with van der Waals surface area (Å²) in [5.74, 6) is 0.601. The number of ether oxygens (including phenoxy) is 1. The highest BCUT2D eigenvalue weighted by atomic mass is 16.5. The van der Waals surface area contributed by atoms with Crippen LogP contribution in [0.15, 0.2) is 0 Å². The average Bonchev–Trinajstić information content (AvgIpc) is 2.21. The molecule has 1 aliphatic rings. The SMILES string of the molecule is CCC(CC)C(=O)CC1CNCCO1. The molecule has 0 aromatic carbocycles. The second kappa shape index (κ2) is 6.14. The Morgan fingerprint density at radius 1 is 1.50 bits per heavy atom. The summed E-state index contributed by atoms with van der Waals surface area (Å²) in [5.41, 5.74) is 0. The molecule has 1 rings (SSSR count). The van der Waals surface area contributed by atoms with Crippen molar-refractivity contribution in [3.63, 3.8) is 0 Å². The second-order valence-electron chi connectivity index (χ2n) is 3.88. The van der Waals surface area contributed by atoms with Gasteiger partial charge in [0.25, 0.3) is 0 Å². The third-order valence-electron chi connectivity index (χ3n) is 2.87. The number of carbonyl (C=O) groups excluding carboxylic acids is 1. The van der Waals surface area contributed by atoms with E-state index in [0.29, 0.717) is 12.2 Å². The first kappa shape index (κ1) is 11.7. The topological polar surface area (TPSA) is 38.3 Å². The van der Waals surface area contributed by atoms with Crippen molar-refractivity contribution in [2.24, 2.45) is 5.92 Å². The third kappa shape index (κ3) is 3.39. The van der Waals surface area contributed by atoms with Crippen molar-refractivity contribution in [2.75, 3.05) is 19.7 Å². The first-order valence-electron chi connectivity index (χ1n) is 5.63. The molecule has 14 heavy (non-hydrogen) atoms. The van der Waals surface area contributed by atoms with E-state index in [4.69, 9.17) is 4.74 Å². The molecule has 3 nitrogen and oxygen atoms in total. The Bertz CT molecular complexity index is 172. The molecule has 3 heteroatoms. The minimum atomic E-state index is 0.108. The number of rotatable bonds is 5. The summed E-state index contributed by atoms with van der Waals surface area (Å²) in [6.45, 7) is 6.63. The number of ketones is 1. The lowest BCUT2D eigenvalue weighted by Gasteiger charge is -2.24. The monoisotopic (exact) mass is 199 g/mol. The molecule has 1 fully saturated rings. The van der Waals surface area contributed by atoms with E-state index in [2.05, 4.69) is 19.2 Å². The van der Waals surface area contributed by atoms with Crippen molar-refractivity contribution in [2.45, 2.75) is 39.2 Å². The van der Waals surface area contributed by atoms with Gasteiger partial charge in [0.2, 0.25) is 0 Å². The number of morpholine rings is 1. The molecule has 1 aliphatic heterocycles. The molecule has 0 aliphatic carbocycles. The molecular formula is C11H21NO2. The summed E-state index contributed by atoms with van der Waals surface area (Å²) in [6, 6.07) is 0. The summed E-state index contributed by atoms with van der Waals surface area (Å²) < 4.78 is 5.50. The van der Waals surface area contributed by atoms with Crippen LogP contribution in [0.4, 0.5) is 0 Å². The number of hydrogen-bond donors (Lipinski definition) is 1. The molecule has 0 amide bonds. The highest BCUT2D eigenvalue weighted by molar-refractivity contribution is 5.81. The Morgan fingerprint density at radius 3 is 2.71 bits per heavy atom. The molecule has 0 spiro atoms. The van der Waals surface area contributed by atoms with Gasteiger partial charge >= 0.3 is 0 Å². The lowest BCUT2D eigenvalue weighted by Crippen LogP contribution is -2.40. The van der Waals surface area contributed by atoms with Gasteiger partial charge in [-0.3, -0.25) is 4.79 Å². The molecule has 0 aromatic heterocycles. The lowest BCUT2D eigenvalue weighted by atomic mass is 9.94. The van der Waals surface area contributed by atoms with Crippen LogP contribution in [0.5, 0.6) is 0 Å². The molecule has 1 saturated heterocycles. The first-order valence-corrected chi connectivity index (χ1v) is 5.63. The fourth-order valence-corrected chi connectivity index (χ4v) is 1.89. The quantitative estimate of drug-likeness (QED) is 0.726. The lowest BCUT2D eigenvalue weighted by molar-refractivity contribution is -0.126. The van der Waals surface area contributed by atoms with Crippen molar-refractivity contribution in [1.82, 2.24) is 5.32 Å². The van der Waals surface area contributed by atoms with Gasteiger partial charge in [-0.25, -0.2) is 0 Å². The van der Waals surface area contributed by atoms with Crippen LogP contribution in [-0.2, 0) is 9.53 Å². The smallest absolute Gasteiger partial charge is 0.138 e. The van der Waals surface area contributed by atoms with Crippen LogP contribution in [0.1, 0.15) is 33.1 Å². The highest BCUT2D eigenvalue weighted by Gasteiger charge is 2.21. The Morgan fingerprint density at radius 2 is 2.21 bits per heavy atom. The number of nitrogens with one attached hydrogen (secondary N) is 1. The van der Waals surface area contributed by atoms with Gasteiger partial charge in [0.15, 0.2) is 0 Å². The maximum absolute atomic E-state index is 11.8. The predicted molar refractivity (Wildman–Crippen MR) is 56.3 cm³/mol. The highest BCUT2D eigenvalue weighted by Crippen LogP contribution is 2.14. The number of Topliss-reactive ketones (excluding diaryl/α,β-unsaturated/α-hetero) is 1. The zero-order valence-corrected chi connectivity index (χ0v) is 9.21. The largest absolute Gasteiger partial charge is 0.375 e. The normalized spacial score (nSPS) is 22.6. The molecule has 0 bridgehead atoms. The van der Waals surface area contributed by atoms with E-state index in [1.54, 1.807) is 0 Å². The average molecular weight is 199 g/mol.